The molecule has 1 aromatic rings. The van der Waals surface area contributed by atoms with Crippen LogP contribution in [0.15, 0.2) is 12.3 Å². The van der Waals surface area contributed by atoms with Crippen molar-refractivity contribution < 1.29 is 19.9 Å². The first-order chi connectivity index (χ1) is 9.45. The largest absolute Gasteiger partial charge is 0.478 e. The number of aliphatic hydroxyl groups is 1. The third-order valence-corrected chi connectivity index (χ3v) is 3.63. The zero-order valence-corrected chi connectivity index (χ0v) is 10.9. The van der Waals surface area contributed by atoms with E-state index in [9.17, 15) is 20.0 Å². The van der Waals surface area contributed by atoms with Crippen LogP contribution in [0, 0.1) is 16.0 Å². The van der Waals surface area contributed by atoms with Crippen LogP contribution in [0.25, 0.3) is 0 Å². The molecule has 0 saturated carbocycles. The van der Waals surface area contributed by atoms with E-state index in [-0.39, 0.29) is 35.6 Å². The molecule has 0 bridgehead atoms. The Morgan fingerprint density at radius 3 is 2.90 bits per heavy atom. The van der Waals surface area contributed by atoms with Gasteiger partial charge in [0, 0.05) is 18.8 Å². The molecule has 8 heteroatoms. The zero-order valence-electron chi connectivity index (χ0n) is 10.9. The Morgan fingerprint density at radius 2 is 2.35 bits per heavy atom. The normalized spacial score (nSPS) is 22.0. The van der Waals surface area contributed by atoms with E-state index in [4.69, 9.17) is 5.11 Å². The number of nitro groups is 1. The van der Waals surface area contributed by atoms with Gasteiger partial charge in [-0.15, -0.1) is 0 Å². The number of aromatic carboxylic acids is 1. The van der Waals surface area contributed by atoms with Gasteiger partial charge >= 0.3 is 11.7 Å². The number of hydrogen-bond donors (Lipinski definition) is 2. The Morgan fingerprint density at radius 1 is 1.65 bits per heavy atom. The van der Waals surface area contributed by atoms with E-state index in [1.807, 2.05) is 6.92 Å². The van der Waals surface area contributed by atoms with E-state index in [2.05, 4.69) is 4.98 Å². The quantitative estimate of drug-likeness (QED) is 0.621. The lowest BCUT2D eigenvalue weighted by Gasteiger charge is -2.25. The second-order valence-corrected chi connectivity index (χ2v) is 4.84. The highest BCUT2D eigenvalue weighted by Gasteiger charge is 2.35. The van der Waals surface area contributed by atoms with Crippen molar-refractivity contribution in [3.05, 3.63) is 27.9 Å². The molecule has 2 heterocycles. The van der Waals surface area contributed by atoms with Crippen LogP contribution >= 0.6 is 0 Å². The molecule has 0 aromatic carbocycles. The van der Waals surface area contributed by atoms with Crippen LogP contribution in [0.1, 0.15) is 23.7 Å². The van der Waals surface area contributed by atoms with Crippen LogP contribution in [-0.2, 0) is 0 Å². The molecule has 108 valence electrons. The van der Waals surface area contributed by atoms with Crippen molar-refractivity contribution in [3.8, 4) is 0 Å². The van der Waals surface area contributed by atoms with Gasteiger partial charge in [-0.25, -0.2) is 9.78 Å². The van der Waals surface area contributed by atoms with Gasteiger partial charge in [0.15, 0.2) is 0 Å². The molecule has 2 N–H and O–H groups in total. The number of aromatic nitrogens is 1. The van der Waals surface area contributed by atoms with Crippen molar-refractivity contribution >= 4 is 17.5 Å². The molecule has 0 aliphatic carbocycles. The van der Waals surface area contributed by atoms with Gasteiger partial charge in [0.05, 0.1) is 23.1 Å². The van der Waals surface area contributed by atoms with Crippen LogP contribution in [-0.4, -0.2) is 45.3 Å². The fraction of sp³-hybridized carbons (Fsp3) is 0.500. The van der Waals surface area contributed by atoms with Crippen LogP contribution in [0.3, 0.4) is 0 Å². The van der Waals surface area contributed by atoms with Gasteiger partial charge in [0.25, 0.3) is 0 Å². The van der Waals surface area contributed by atoms with E-state index < -0.39 is 10.9 Å². The summed E-state index contributed by atoms with van der Waals surface area (Å²) in [5, 5.41) is 29.4. The Bertz CT molecular complexity index is 548. The number of nitrogens with zero attached hydrogens (tertiary/aromatic N) is 3. The average molecular weight is 281 g/mol. The topological polar surface area (TPSA) is 117 Å². The Kier molecular flexibility index (Phi) is 3.84. The van der Waals surface area contributed by atoms with Gasteiger partial charge in [0.1, 0.15) is 0 Å². The highest BCUT2D eigenvalue weighted by molar-refractivity contribution is 5.88. The van der Waals surface area contributed by atoms with Crippen LogP contribution in [0.2, 0.25) is 0 Å². The molecule has 1 saturated heterocycles. The summed E-state index contributed by atoms with van der Waals surface area (Å²) >= 11 is 0. The first-order valence-corrected chi connectivity index (χ1v) is 6.21. The third kappa shape index (κ3) is 2.42. The number of pyridine rings is 1. The van der Waals surface area contributed by atoms with Crippen molar-refractivity contribution in [2.75, 3.05) is 18.1 Å². The summed E-state index contributed by atoms with van der Waals surface area (Å²) in [7, 11) is 0. The zero-order chi connectivity index (χ0) is 14.9. The van der Waals surface area contributed by atoms with Crippen molar-refractivity contribution in [3.63, 3.8) is 0 Å². The van der Waals surface area contributed by atoms with Crippen molar-refractivity contribution in [2.45, 2.75) is 19.4 Å². The molecule has 0 spiro atoms. The molecule has 2 rings (SSSR count). The summed E-state index contributed by atoms with van der Waals surface area (Å²) in [6, 6.07) is 0.763. The van der Waals surface area contributed by atoms with E-state index in [1.54, 1.807) is 4.90 Å². The molecule has 8 nitrogen and oxygen atoms in total. The molecule has 1 aromatic heterocycles. The summed E-state index contributed by atoms with van der Waals surface area (Å²) in [5.41, 5.74) is -0.578. The van der Waals surface area contributed by atoms with E-state index in [1.165, 1.54) is 0 Å². The Labute approximate surface area is 114 Å². The van der Waals surface area contributed by atoms with Gasteiger partial charge in [-0.1, -0.05) is 6.92 Å². The van der Waals surface area contributed by atoms with Crippen molar-refractivity contribution in [1.29, 1.82) is 0 Å². The average Bonchev–Trinajstić information content (AvgIpc) is 2.78. The molecule has 1 aliphatic rings. The minimum atomic E-state index is -1.26. The maximum absolute atomic E-state index is 11.1. The highest BCUT2D eigenvalue weighted by atomic mass is 16.6. The number of carbonyl (C=O) groups is 1. The lowest BCUT2D eigenvalue weighted by Crippen LogP contribution is -2.36. The molecule has 0 amide bonds. The van der Waals surface area contributed by atoms with Gasteiger partial charge in [-0.2, -0.15) is 0 Å². The molecule has 20 heavy (non-hydrogen) atoms. The Hall–Kier alpha value is -2.22. The van der Waals surface area contributed by atoms with Crippen LogP contribution in [0.5, 0.6) is 0 Å². The molecule has 2 atom stereocenters. The molecule has 0 radical (unpaired) electrons. The first-order valence-electron chi connectivity index (χ1n) is 6.21. The minimum absolute atomic E-state index is 0.114. The maximum Gasteiger partial charge on any atom is 0.337 e. The van der Waals surface area contributed by atoms with E-state index in [0.717, 1.165) is 18.7 Å². The second-order valence-electron chi connectivity index (χ2n) is 4.84. The van der Waals surface area contributed by atoms with Crippen molar-refractivity contribution in [1.82, 2.24) is 4.98 Å². The predicted molar refractivity (Wildman–Crippen MR) is 69.9 cm³/mol. The van der Waals surface area contributed by atoms with Gasteiger partial charge in [0.2, 0.25) is 5.82 Å². The Balaban J connectivity index is 2.46. The fourth-order valence-electron chi connectivity index (χ4n) is 2.47. The molecular weight excluding hydrogens is 266 g/mol. The smallest absolute Gasteiger partial charge is 0.337 e. The lowest BCUT2D eigenvalue weighted by molar-refractivity contribution is -0.384. The lowest BCUT2D eigenvalue weighted by atomic mass is 10.0. The molecule has 2 unspecified atom stereocenters. The summed E-state index contributed by atoms with van der Waals surface area (Å²) in [6.07, 6.45) is 1.90. The summed E-state index contributed by atoms with van der Waals surface area (Å²) in [4.78, 5) is 26.9. The summed E-state index contributed by atoms with van der Waals surface area (Å²) < 4.78 is 0. The minimum Gasteiger partial charge on any atom is -0.478 e. The fourth-order valence-corrected chi connectivity index (χ4v) is 2.47. The summed E-state index contributed by atoms with van der Waals surface area (Å²) in [6.45, 7) is 2.38. The number of carboxylic acid groups (broad SMARTS) is 1. The number of hydrogen-bond acceptors (Lipinski definition) is 6. The highest BCUT2D eigenvalue weighted by Crippen LogP contribution is 2.34. The van der Waals surface area contributed by atoms with E-state index >= 15 is 0 Å². The van der Waals surface area contributed by atoms with Crippen molar-refractivity contribution in [2.24, 2.45) is 5.92 Å². The van der Waals surface area contributed by atoms with Crippen LogP contribution in [0.4, 0.5) is 11.5 Å². The first kappa shape index (κ1) is 14.2. The van der Waals surface area contributed by atoms with Crippen LogP contribution < -0.4 is 4.90 Å². The number of anilines is 1. The maximum atomic E-state index is 11.1. The number of carboxylic acids is 1. The third-order valence-electron chi connectivity index (χ3n) is 3.63. The molecule has 1 fully saturated rings. The monoisotopic (exact) mass is 281 g/mol. The number of rotatable bonds is 4. The summed E-state index contributed by atoms with van der Waals surface area (Å²) in [5.74, 6) is -0.954. The SMILES string of the molecule is CC1CCN(c2ncc(C(=O)O)cc2[N+](=O)[O-])C1CO. The molecule has 1 aliphatic heterocycles. The van der Waals surface area contributed by atoms with E-state index in [0.29, 0.717) is 6.54 Å². The van der Waals surface area contributed by atoms with Gasteiger partial charge < -0.3 is 15.1 Å². The second kappa shape index (κ2) is 5.41. The standard InChI is InChI=1S/C12H15N3O5/c1-7-2-3-14(10(7)6-16)11-9(15(19)20)4-8(5-13-11)12(17)18/h4-5,7,10,16H,2-3,6H2,1H3,(H,17,18). The molecular formula is C12H15N3O5. The van der Waals surface area contributed by atoms with Gasteiger partial charge in [-0.3, -0.25) is 10.1 Å². The predicted octanol–water partition coefficient (Wildman–Crippen LogP) is 0.895. The number of aliphatic hydroxyl groups excluding tert-OH is 1. The van der Waals surface area contributed by atoms with Gasteiger partial charge in [-0.05, 0) is 12.3 Å².